The summed E-state index contributed by atoms with van der Waals surface area (Å²) in [6.45, 7) is 0. The Morgan fingerprint density at radius 2 is 2.18 bits per heavy atom. The lowest BCUT2D eigenvalue weighted by atomic mass is 10.3. The van der Waals surface area contributed by atoms with E-state index in [0.717, 1.165) is 11.0 Å². The molecule has 2 aromatic heterocycles. The van der Waals surface area contributed by atoms with Crippen LogP contribution in [0, 0.1) is 0 Å². The Bertz CT molecular complexity index is 354. The van der Waals surface area contributed by atoms with Gasteiger partial charge in [0.1, 0.15) is 11.5 Å². The van der Waals surface area contributed by atoms with Gasteiger partial charge in [-0.1, -0.05) is 0 Å². The van der Waals surface area contributed by atoms with Gasteiger partial charge >= 0.3 is 0 Å². The van der Waals surface area contributed by atoms with Gasteiger partial charge in [-0.2, -0.15) is 0 Å². The van der Waals surface area contributed by atoms with E-state index in [4.69, 9.17) is 11.5 Å². The molecule has 0 fully saturated rings. The molecule has 0 aliphatic rings. The number of nitrogens with one attached hydrogen (secondary N) is 1. The predicted molar refractivity (Wildman–Crippen MR) is 44.9 cm³/mol. The lowest BCUT2D eigenvalue weighted by molar-refractivity contribution is 1.33. The van der Waals surface area contributed by atoms with Crippen LogP contribution in [0.2, 0.25) is 0 Å². The molecule has 2 rings (SSSR count). The first kappa shape index (κ1) is 6.03. The number of hydrogen-bond acceptors (Lipinski definition) is 3. The molecule has 5 N–H and O–H groups in total. The van der Waals surface area contributed by atoms with Crippen molar-refractivity contribution in [1.29, 1.82) is 0 Å². The molecule has 0 radical (unpaired) electrons. The summed E-state index contributed by atoms with van der Waals surface area (Å²) in [4.78, 5) is 6.97. The van der Waals surface area contributed by atoms with Crippen LogP contribution in [-0.2, 0) is 0 Å². The normalized spacial score (nSPS) is 10.5. The fraction of sp³-hybridized carbons (Fsp3) is 0. The van der Waals surface area contributed by atoms with Crippen LogP contribution in [0.1, 0.15) is 0 Å². The Morgan fingerprint density at radius 1 is 1.36 bits per heavy atom. The molecule has 0 atom stereocenters. The van der Waals surface area contributed by atoms with Crippen molar-refractivity contribution in [3.05, 3.63) is 18.3 Å². The van der Waals surface area contributed by atoms with Gasteiger partial charge in [0.25, 0.3) is 0 Å². The van der Waals surface area contributed by atoms with Crippen molar-refractivity contribution in [3.63, 3.8) is 0 Å². The molecule has 0 aliphatic carbocycles. The van der Waals surface area contributed by atoms with Crippen LogP contribution >= 0.6 is 0 Å². The number of aromatic nitrogens is 2. The second kappa shape index (κ2) is 1.88. The quantitative estimate of drug-likeness (QED) is 0.515. The number of nitrogens with zero attached hydrogens (tertiary/aromatic N) is 1. The summed E-state index contributed by atoms with van der Waals surface area (Å²) in [6, 6.07) is 3.70. The van der Waals surface area contributed by atoms with E-state index in [1.54, 1.807) is 12.3 Å². The van der Waals surface area contributed by atoms with Crippen LogP contribution in [0.5, 0.6) is 0 Å². The molecular formula is C7H8N4. The largest absolute Gasteiger partial charge is 0.396 e. The van der Waals surface area contributed by atoms with Crippen molar-refractivity contribution >= 4 is 22.5 Å². The third-order valence-electron chi connectivity index (χ3n) is 1.60. The number of rotatable bonds is 0. The van der Waals surface area contributed by atoms with Crippen LogP contribution in [0.25, 0.3) is 11.0 Å². The highest BCUT2D eigenvalue weighted by atomic mass is 14.9. The van der Waals surface area contributed by atoms with Gasteiger partial charge in [0.05, 0.1) is 5.69 Å². The summed E-state index contributed by atoms with van der Waals surface area (Å²) in [7, 11) is 0. The van der Waals surface area contributed by atoms with Crippen LogP contribution in [0.4, 0.5) is 11.5 Å². The molecule has 11 heavy (non-hydrogen) atoms. The van der Waals surface area contributed by atoms with E-state index in [0.29, 0.717) is 11.5 Å². The first-order valence-corrected chi connectivity index (χ1v) is 3.26. The number of hydrogen-bond donors (Lipinski definition) is 3. The molecule has 0 bridgehead atoms. The third-order valence-corrected chi connectivity index (χ3v) is 1.60. The van der Waals surface area contributed by atoms with Crippen LogP contribution in [0.15, 0.2) is 18.3 Å². The summed E-state index contributed by atoms with van der Waals surface area (Å²) in [5.41, 5.74) is 12.3. The molecule has 4 heteroatoms. The maximum absolute atomic E-state index is 5.54. The topological polar surface area (TPSA) is 80.7 Å². The van der Waals surface area contributed by atoms with Gasteiger partial charge in [-0.15, -0.1) is 0 Å². The number of pyridine rings is 1. The first-order valence-electron chi connectivity index (χ1n) is 3.26. The molecule has 2 aromatic rings. The van der Waals surface area contributed by atoms with E-state index in [2.05, 4.69) is 9.97 Å². The lowest BCUT2D eigenvalue weighted by Gasteiger charge is -1.97. The van der Waals surface area contributed by atoms with Gasteiger partial charge in [-0.05, 0) is 12.1 Å². The Morgan fingerprint density at radius 3 is 3.00 bits per heavy atom. The minimum atomic E-state index is 0.375. The van der Waals surface area contributed by atoms with Gasteiger partial charge < -0.3 is 16.5 Å². The minimum Gasteiger partial charge on any atom is -0.396 e. The van der Waals surface area contributed by atoms with E-state index < -0.39 is 0 Å². The highest BCUT2D eigenvalue weighted by molar-refractivity contribution is 5.82. The zero-order valence-electron chi connectivity index (χ0n) is 5.83. The third kappa shape index (κ3) is 0.797. The highest BCUT2D eigenvalue weighted by Crippen LogP contribution is 2.18. The van der Waals surface area contributed by atoms with E-state index >= 15 is 0 Å². The van der Waals surface area contributed by atoms with E-state index in [1.165, 1.54) is 0 Å². The summed E-state index contributed by atoms with van der Waals surface area (Å²) < 4.78 is 0. The molecule has 0 unspecified atom stereocenters. The summed E-state index contributed by atoms with van der Waals surface area (Å²) in [6.07, 6.45) is 1.80. The molecule has 2 heterocycles. The van der Waals surface area contributed by atoms with Crippen molar-refractivity contribution in [2.75, 3.05) is 11.5 Å². The first-order chi connectivity index (χ1) is 5.27. The molecular weight excluding hydrogens is 140 g/mol. The number of H-pyrrole nitrogens is 1. The molecule has 0 saturated carbocycles. The molecule has 0 saturated heterocycles. The second-order valence-electron chi connectivity index (χ2n) is 2.38. The maximum Gasteiger partial charge on any atom is 0.149 e. The van der Waals surface area contributed by atoms with Gasteiger partial charge in [0.2, 0.25) is 0 Å². The van der Waals surface area contributed by atoms with Gasteiger partial charge in [0, 0.05) is 11.6 Å². The second-order valence-corrected chi connectivity index (χ2v) is 2.38. The fourth-order valence-electron chi connectivity index (χ4n) is 1.01. The Labute approximate surface area is 63.2 Å². The molecule has 0 spiro atoms. The van der Waals surface area contributed by atoms with Gasteiger partial charge in [-0.25, -0.2) is 4.98 Å². The minimum absolute atomic E-state index is 0.375. The summed E-state index contributed by atoms with van der Waals surface area (Å²) in [5, 5.41) is 0.983. The van der Waals surface area contributed by atoms with Crippen molar-refractivity contribution in [3.8, 4) is 0 Å². The zero-order chi connectivity index (χ0) is 7.84. The average Bonchev–Trinajstić information content (AvgIpc) is 2.36. The monoisotopic (exact) mass is 148 g/mol. The standard InChI is InChI=1S/C7H8N4/c8-5-3-4-1-2-10-7(4)11-6(5)9/h1-3H,8H2,(H3,9,10,11). The van der Waals surface area contributed by atoms with Crippen molar-refractivity contribution in [2.24, 2.45) is 0 Å². The summed E-state index contributed by atoms with van der Waals surface area (Å²) in [5.74, 6) is 0.375. The number of nitrogens with two attached hydrogens (primary N) is 2. The van der Waals surface area contributed by atoms with Crippen LogP contribution in [0.3, 0.4) is 0 Å². The van der Waals surface area contributed by atoms with Crippen molar-refractivity contribution in [1.82, 2.24) is 9.97 Å². The van der Waals surface area contributed by atoms with Crippen molar-refractivity contribution in [2.45, 2.75) is 0 Å². The van der Waals surface area contributed by atoms with Gasteiger partial charge in [-0.3, -0.25) is 0 Å². The molecule has 56 valence electrons. The Hall–Kier alpha value is -1.71. The lowest BCUT2D eigenvalue weighted by Crippen LogP contribution is -1.97. The van der Waals surface area contributed by atoms with Crippen LogP contribution < -0.4 is 11.5 Å². The number of aromatic amines is 1. The van der Waals surface area contributed by atoms with E-state index in [9.17, 15) is 0 Å². The summed E-state index contributed by atoms with van der Waals surface area (Å²) >= 11 is 0. The molecule has 0 aromatic carbocycles. The predicted octanol–water partition coefficient (Wildman–Crippen LogP) is 0.727. The Kier molecular flexibility index (Phi) is 1.03. The SMILES string of the molecule is Nc1cc2cc[nH]c2nc1N. The Balaban J connectivity index is 2.86. The van der Waals surface area contributed by atoms with Gasteiger partial charge in [0.15, 0.2) is 0 Å². The molecule has 0 amide bonds. The van der Waals surface area contributed by atoms with Crippen LogP contribution in [-0.4, -0.2) is 9.97 Å². The van der Waals surface area contributed by atoms with Crippen molar-refractivity contribution < 1.29 is 0 Å². The number of fused-ring (bicyclic) bond motifs is 1. The van der Waals surface area contributed by atoms with E-state index in [1.807, 2.05) is 6.07 Å². The average molecular weight is 148 g/mol. The number of anilines is 2. The molecule has 0 aliphatic heterocycles. The maximum atomic E-state index is 5.54. The molecule has 4 nitrogen and oxygen atoms in total. The smallest absolute Gasteiger partial charge is 0.149 e. The zero-order valence-corrected chi connectivity index (χ0v) is 5.83. The number of nitrogen functional groups attached to an aromatic ring is 2. The van der Waals surface area contributed by atoms with E-state index in [-0.39, 0.29) is 0 Å². The fourth-order valence-corrected chi connectivity index (χ4v) is 1.01. The highest BCUT2D eigenvalue weighted by Gasteiger charge is 1.99.